The smallest absolute Gasteiger partial charge is 0.282 e. The second-order valence-corrected chi connectivity index (χ2v) is 7.09. The summed E-state index contributed by atoms with van der Waals surface area (Å²) < 4.78 is 0. The van der Waals surface area contributed by atoms with E-state index < -0.39 is 0 Å². The van der Waals surface area contributed by atoms with Gasteiger partial charge in [0.05, 0.1) is 0 Å². The molecule has 25 heavy (non-hydrogen) atoms. The number of halogens is 1. The van der Waals surface area contributed by atoms with Gasteiger partial charge in [0.2, 0.25) is 0 Å². The van der Waals surface area contributed by atoms with Crippen LogP contribution in [0.1, 0.15) is 20.3 Å². The Labute approximate surface area is 154 Å². The maximum absolute atomic E-state index is 12.4. The zero-order valence-electron chi connectivity index (χ0n) is 15.0. The molecule has 4 N–H and O–H groups in total. The van der Waals surface area contributed by atoms with Gasteiger partial charge in [-0.05, 0) is 37.6 Å². The summed E-state index contributed by atoms with van der Waals surface area (Å²) in [5.74, 6) is 0.135. The number of carbonyl (C=O) groups excluding carboxylic acids is 2. The molecule has 2 amide bonds. The van der Waals surface area contributed by atoms with Crippen LogP contribution in [0.3, 0.4) is 0 Å². The highest BCUT2D eigenvalue weighted by Crippen LogP contribution is 2.13. The van der Waals surface area contributed by atoms with E-state index in [9.17, 15) is 9.59 Å². The first-order valence-corrected chi connectivity index (χ1v) is 9.38. The minimum absolute atomic E-state index is 0.0152. The summed E-state index contributed by atoms with van der Waals surface area (Å²) in [6.07, 6.45) is 0.958. The normalized spacial score (nSPS) is 21.4. The molecule has 1 heterocycles. The number of rotatable bonds is 7. The lowest BCUT2D eigenvalue weighted by molar-refractivity contribution is -1.01. The number of carbonyl (C=O) groups is 2. The first kappa shape index (κ1) is 19.7. The van der Waals surface area contributed by atoms with E-state index in [-0.39, 0.29) is 17.9 Å². The van der Waals surface area contributed by atoms with Gasteiger partial charge in [-0.2, -0.15) is 0 Å². The van der Waals surface area contributed by atoms with Crippen molar-refractivity contribution in [3.8, 4) is 0 Å². The number of benzene rings is 1. The molecule has 0 unspecified atom stereocenters. The molecule has 0 spiro atoms. The summed E-state index contributed by atoms with van der Waals surface area (Å²) in [5.41, 5.74) is 0.762. The Morgan fingerprint density at radius 3 is 2.40 bits per heavy atom. The summed E-state index contributed by atoms with van der Waals surface area (Å²) in [5, 5.41) is 6.52. The monoisotopic (exact) mass is 368 g/mol. The molecule has 1 fully saturated rings. The number of hydrogen-bond acceptors (Lipinski definition) is 2. The topological polar surface area (TPSA) is 67.1 Å². The largest absolute Gasteiger partial charge is 0.351 e. The summed E-state index contributed by atoms with van der Waals surface area (Å²) in [6.45, 7) is 8.88. The molecule has 7 heteroatoms. The Hall–Kier alpha value is -1.63. The van der Waals surface area contributed by atoms with Crippen LogP contribution in [0.15, 0.2) is 24.3 Å². The molecule has 1 aromatic rings. The van der Waals surface area contributed by atoms with E-state index >= 15 is 0 Å². The van der Waals surface area contributed by atoms with E-state index in [1.54, 1.807) is 24.3 Å². The van der Waals surface area contributed by atoms with Gasteiger partial charge in [0, 0.05) is 17.3 Å². The van der Waals surface area contributed by atoms with E-state index in [1.807, 2.05) is 13.8 Å². The van der Waals surface area contributed by atoms with E-state index in [0.29, 0.717) is 11.6 Å². The third kappa shape index (κ3) is 6.30. The molecule has 0 saturated carbocycles. The average molecular weight is 369 g/mol. The van der Waals surface area contributed by atoms with Gasteiger partial charge in [-0.15, -0.1) is 0 Å². The maximum atomic E-state index is 12.4. The third-order valence-corrected chi connectivity index (χ3v) is 4.95. The summed E-state index contributed by atoms with van der Waals surface area (Å²) in [7, 11) is 0. The van der Waals surface area contributed by atoms with Crippen molar-refractivity contribution in [3.05, 3.63) is 29.3 Å². The summed E-state index contributed by atoms with van der Waals surface area (Å²) in [4.78, 5) is 26.8. The van der Waals surface area contributed by atoms with E-state index in [0.717, 1.165) is 44.8 Å². The molecule has 0 radical (unpaired) electrons. The molecule has 1 aromatic carbocycles. The molecular weight excluding hydrogens is 340 g/mol. The van der Waals surface area contributed by atoms with Gasteiger partial charge in [0.25, 0.3) is 11.8 Å². The van der Waals surface area contributed by atoms with Crippen LogP contribution in [-0.2, 0) is 9.59 Å². The highest BCUT2D eigenvalue weighted by Gasteiger charge is 2.31. The molecule has 0 aromatic heterocycles. The molecule has 1 saturated heterocycles. The van der Waals surface area contributed by atoms with Crippen molar-refractivity contribution in [2.45, 2.75) is 26.3 Å². The van der Waals surface area contributed by atoms with Crippen molar-refractivity contribution in [1.82, 2.24) is 5.32 Å². The van der Waals surface area contributed by atoms with Crippen molar-refractivity contribution in [2.24, 2.45) is 0 Å². The standard InChI is InChI=1S/C18H27ClN4O2/c1-3-8-20-17(24)13-22-9-11-23(12-10-22)14(2)18(25)21-16-6-4-15(19)5-7-16/h4-7,14H,3,8-13H2,1-2H3,(H,20,24)(H,21,25)/p+2/t14-/m1/s1. The highest BCUT2D eigenvalue weighted by atomic mass is 35.5. The number of amides is 2. The van der Waals surface area contributed by atoms with Gasteiger partial charge < -0.3 is 20.4 Å². The van der Waals surface area contributed by atoms with Gasteiger partial charge in [0.15, 0.2) is 12.6 Å². The number of quaternary nitrogens is 2. The van der Waals surface area contributed by atoms with Crippen LogP contribution in [0.25, 0.3) is 0 Å². The average Bonchev–Trinajstić information content (AvgIpc) is 2.62. The van der Waals surface area contributed by atoms with Crippen molar-refractivity contribution in [3.63, 3.8) is 0 Å². The molecule has 2 rings (SSSR count). The molecule has 0 bridgehead atoms. The first-order chi connectivity index (χ1) is 12.0. The lowest BCUT2D eigenvalue weighted by Gasteiger charge is -2.32. The Balaban J connectivity index is 1.76. The van der Waals surface area contributed by atoms with Gasteiger partial charge in [-0.3, -0.25) is 9.59 Å². The Morgan fingerprint density at radius 1 is 1.16 bits per heavy atom. The molecule has 1 atom stereocenters. The Bertz CT molecular complexity index is 571. The number of hydrogen-bond donors (Lipinski definition) is 4. The van der Waals surface area contributed by atoms with Crippen LogP contribution in [0.2, 0.25) is 5.02 Å². The zero-order chi connectivity index (χ0) is 18.2. The minimum Gasteiger partial charge on any atom is -0.351 e. The Kier molecular flexibility index (Phi) is 7.68. The highest BCUT2D eigenvalue weighted by molar-refractivity contribution is 6.30. The molecular formula is C18H29ClN4O2+2. The Morgan fingerprint density at radius 2 is 1.80 bits per heavy atom. The van der Waals surface area contributed by atoms with Crippen LogP contribution in [0.5, 0.6) is 0 Å². The maximum Gasteiger partial charge on any atom is 0.282 e. The zero-order valence-corrected chi connectivity index (χ0v) is 15.8. The number of anilines is 1. The van der Waals surface area contributed by atoms with E-state index in [4.69, 9.17) is 11.6 Å². The van der Waals surface area contributed by atoms with Gasteiger partial charge >= 0.3 is 0 Å². The molecule has 0 aliphatic carbocycles. The second kappa shape index (κ2) is 9.75. The predicted octanol–water partition coefficient (Wildman–Crippen LogP) is -1.02. The van der Waals surface area contributed by atoms with Crippen molar-refractivity contribution >= 4 is 29.1 Å². The van der Waals surface area contributed by atoms with E-state index in [1.165, 1.54) is 9.80 Å². The lowest BCUT2D eigenvalue weighted by Crippen LogP contribution is -3.30. The van der Waals surface area contributed by atoms with Crippen LogP contribution in [0.4, 0.5) is 5.69 Å². The molecule has 1 aliphatic rings. The number of nitrogens with one attached hydrogen (secondary N) is 4. The van der Waals surface area contributed by atoms with Crippen molar-refractivity contribution < 1.29 is 19.4 Å². The number of piperazine rings is 1. The SMILES string of the molecule is CCCNC(=O)C[NH+]1CC[NH+]([C@H](C)C(=O)Nc2ccc(Cl)cc2)CC1. The summed E-state index contributed by atoms with van der Waals surface area (Å²) >= 11 is 5.86. The van der Waals surface area contributed by atoms with Crippen molar-refractivity contribution in [2.75, 3.05) is 44.6 Å². The molecule has 6 nitrogen and oxygen atoms in total. The van der Waals surface area contributed by atoms with Crippen LogP contribution in [0, 0.1) is 0 Å². The van der Waals surface area contributed by atoms with Crippen LogP contribution in [-0.4, -0.2) is 57.1 Å². The fourth-order valence-electron chi connectivity index (χ4n) is 3.06. The van der Waals surface area contributed by atoms with Crippen LogP contribution < -0.4 is 20.4 Å². The van der Waals surface area contributed by atoms with E-state index in [2.05, 4.69) is 10.6 Å². The fourth-order valence-corrected chi connectivity index (χ4v) is 3.18. The molecule has 1 aliphatic heterocycles. The van der Waals surface area contributed by atoms with Crippen molar-refractivity contribution in [1.29, 1.82) is 0 Å². The predicted molar refractivity (Wildman–Crippen MR) is 99.1 cm³/mol. The molecule has 138 valence electrons. The summed E-state index contributed by atoms with van der Waals surface area (Å²) in [6, 6.07) is 7.02. The second-order valence-electron chi connectivity index (χ2n) is 6.65. The van der Waals surface area contributed by atoms with Gasteiger partial charge in [-0.1, -0.05) is 18.5 Å². The quantitative estimate of drug-likeness (QED) is 0.497. The van der Waals surface area contributed by atoms with Gasteiger partial charge in [-0.25, -0.2) is 0 Å². The van der Waals surface area contributed by atoms with Gasteiger partial charge in [0.1, 0.15) is 26.2 Å². The van der Waals surface area contributed by atoms with Crippen LogP contribution >= 0.6 is 11.6 Å². The third-order valence-electron chi connectivity index (χ3n) is 4.70. The fraction of sp³-hybridized carbons (Fsp3) is 0.556. The lowest BCUT2D eigenvalue weighted by atomic mass is 10.2. The first-order valence-electron chi connectivity index (χ1n) is 9.01. The minimum atomic E-state index is -0.119.